The molecule has 2 heterocycles. The molecular formula is C25H21F6N3O4. The molecule has 2 unspecified atom stereocenters. The molecule has 0 fully saturated rings. The van der Waals surface area contributed by atoms with E-state index in [1.807, 2.05) is 0 Å². The first kappa shape index (κ1) is 27.0. The Morgan fingerprint density at radius 1 is 1.05 bits per heavy atom. The number of rotatable bonds is 8. The molecule has 38 heavy (non-hydrogen) atoms. The quantitative estimate of drug-likeness (QED) is 0.359. The number of carboxylic acids is 1. The molecule has 1 aromatic carbocycles. The summed E-state index contributed by atoms with van der Waals surface area (Å²) in [5, 5.41) is 9.06. The first-order chi connectivity index (χ1) is 17.9. The molecule has 0 saturated heterocycles. The van der Waals surface area contributed by atoms with Crippen molar-refractivity contribution in [2.75, 3.05) is 13.2 Å². The lowest BCUT2D eigenvalue weighted by molar-refractivity contribution is -0.143. The van der Waals surface area contributed by atoms with E-state index in [0.717, 1.165) is 12.3 Å². The minimum Gasteiger partial charge on any atom is -0.492 e. The summed E-state index contributed by atoms with van der Waals surface area (Å²) in [6.45, 7) is -0.300. The average Bonchev–Trinajstić information content (AvgIpc) is 3.29. The van der Waals surface area contributed by atoms with Crippen LogP contribution in [0.3, 0.4) is 0 Å². The van der Waals surface area contributed by atoms with Crippen molar-refractivity contribution in [1.82, 2.24) is 9.88 Å². The minimum atomic E-state index is -5.02. The van der Waals surface area contributed by atoms with Crippen molar-refractivity contribution < 1.29 is 45.7 Å². The number of pyridine rings is 1. The molecular weight excluding hydrogens is 520 g/mol. The highest BCUT2D eigenvalue weighted by Gasteiger charge is 2.39. The van der Waals surface area contributed by atoms with Crippen molar-refractivity contribution >= 4 is 12.0 Å². The molecule has 2 aliphatic rings. The summed E-state index contributed by atoms with van der Waals surface area (Å²) in [6.07, 6.45) is -0.699. The smallest absolute Gasteiger partial charge is 0.416 e. The summed E-state index contributed by atoms with van der Waals surface area (Å²) < 4.78 is 91.9. The van der Waals surface area contributed by atoms with Crippen molar-refractivity contribution in [3.63, 3.8) is 0 Å². The summed E-state index contributed by atoms with van der Waals surface area (Å²) in [4.78, 5) is 20.7. The number of nitrogens with zero attached hydrogens (tertiary/aromatic N) is 3. The van der Waals surface area contributed by atoms with E-state index in [4.69, 9.17) is 14.6 Å². The van der Waals surface area contributed by atoms with Crippen LogP contribution in [0, 0.1) is 0 Å². The van der Waals surface area contributed by atoms with E-state index < -0.39 is 42.1 Å². The molecule has 0 spiro atoms. The van der Waals surface area contributed by atoms with Crippen LogP contribution in [0.25, 0.3) is 0 Å². The lowest BCUT2D eigenvalue weighted by Crippen LogP contribution is -2.34. The Morgan fingerprint density at radius 2 is 1.82 bits per heavy atom. The van der Waals surface area contributed by atoms with Crippen molar-refractivity contribution in [1.29, 1.82) is 0 Å². The van der Waals surface area contributed by atoms with E-state index in [1.165, 1.54) is 17.2 Å². The molecule has 0 bridgehead atoms. The van der Waals surface area contributed by atoms with Crippen LogP contribution in [0.2, 0.25) is 0 Å². The molecule has 0 radical (unpaired) electrons. The SMILES string of the molecule is O=C(O)c1cncc(OCCCN(Cc2ccc(C(F)(F)F)cc2C(F)(F)F)C2=NC3C=CC=CC3O2)c1. The zero-order valence-electron chi connectivity index (χ0n) is 19.5. The van der Waals surface area contributed by atoms with Gasteiger partial charge in [0.1, 0.15) is 17.9 Å². The molecule has 2 atom stereocenters. The number of fused-ring (bicyclic) bond motifs is 1. The van der Waals surface area contributed by atoms with Gasteiger partial charge < -0.3 is 19.5 Å². The number of carbonyl (C=O) groups is 1. The second-order valence-corrected chi connectivity index (χ2v) is 8.46. The Morgan fingerprint density at radius 3 is 2.50 bits per heavy atom. The molecule has 0 saturated carbocycles. The van der Waals surface area contributed by atoms with Crippen molar-refractivity contribution in [2.24, 2.45) is 4.99 Å². The summed E-state index contributed by atoms with van der Waals surface area (Å²) in [5.41, 5.74) is -3.26. The first-order valence-electron chi connectivity index (χ1n) is 11.3. The zero-order chi connectivity index (χ0) is 27.5. The Hall–Kier alpha value is -4.03. The highest BCUT2D eigenvalue weighted by atomic mass is 19.4. The summed E-state index contributed by atoms with van der Waals surface area (Å²) in [6, 6.07) is 2.46. The maximum absolute atomic E-state index is 13.7. The highest BCUT2D eigenvalue weighted by Crippen LogP contribution is 2.38. The molecule has 1 aliphatic carbocycles. The van der Waals surface area contributed by atoms with Crippen molar-refractivity contribution in [3.8, 4) is 5.75 Å². The van der Waals surface area contributed by atoms with Gasteiger partial charge in [0.25, 0.3) is 6.02 Å². The summed E-state index contributed by atoms with van der Waals surface area (Å²) in [7, 11) is 0. The maximum atomic E-state index is 13.7. The van der Waals surface area contributed by atoms with Gasteiger partial charge in [0.2, 0.25) is 0 Å². The molecule has 13 heteroatoms. The van der Waals surface area contributed by atoms with Crippen molar-refractivity contribution in [3.05, 3.63) is 83.2 Å². The topological polar surface area (TPSA) is 84.3 Å². The lowest BCUT2D eigenvalue weighted by Gasteiger charge is -2.26. The van der Waals surface area contributed by atoms with Gasteiger partial charge >= 0.3 is 18.3 Å². The minimum absolute atomic E-state index is 0.0420. The summed E-state index contributed by atoms with van der Waals surface area (Å²) in [5.74, 6) is -0.999. The number of aliphatic imine (C=N–C) groups is 1. The molecule has 1 N–H and O–H groups in total. The molecule has 1 aliphatic heterocycles. The normalized spacial score (nSPS) is 18.5. The second-order valence-electron chi connectivity index (χ2n) is 8.46. The van der Waals surface area contributed by atoms with Crippen LogP contribution in [-0.2, 0) is 23.6 Å². The molecule has 2 aromatic rings. The van der Waals surface area contributed by atoms with E-state index in [9.17, 15) is 31.1 Å². The number of aromatic nitrogens is 1. The van der Waals surface area contributed by atoms with Gasteiger partial charge in [0.05, 0.1) is 29.5 Å². The van der Waals surface area contributed by atoms with E-state index in [0.29, 0.717) is 6.07 Å². The monoisotopic (exact) mass is 541 g/mol. The van der Waals surface area contributed by atoms with Crippen LogP contribution in [0.4, 0.5) is 26.3 Å². The van der Waals surface area contributed by atoms with Gasteiger partial charge in [0, 0.05) is 19.3 Å². The van der Waals surface area contributed by atoms with E-state index in [1.54, 1.807) is 24.3 Å². The maximum Gasteiger partial charge on any atom is 0.416 e. The number of amidine groups is 1. The van der Waals surface area contributed by atoms with Crippen LogP contribution < -0.4 is 4.74 Å². The number of hydrogen-bond donors (Lipinski definition) is 1. The number of hydrogen-bond acceptors (Lipinski definition) is 6. The standard InChI is InChI=1S/C25H21F6N3O4/c26-24(27,28)17-7-6-15(19(11-17)25(29,30)31)14-34(23-33-20-4-1-2-5-21(20)38-23)8-3-9-37-18-10-16(22(35)36)12-32-13-18/h1-2,4-7,10-13,20-21H,3,8-9,14H2,(H,35,36). The molecule has 4 rings (SSSR count). The van der Waals surface area contributed by atoms with Gasteiger partial charge in [-0.15, -0.1) is 0 Å². The molecule has 1 aromatic heterocycles. The van der Waals surface area contributed by atoms with Gasteiger partial charge in [-0.1, -0.05) is 24.3 Å². The van der Waals surface area contributed by atoms with Gasteiger partial charge in [-0.05, 0) is 36.3 Å². The Labute approximate surface area is 212 Å². The Bertz CT molecular complexity index is 1270. The number of aromatic carboxylic acids is 1. The number of benzene rings is 1. The van der Waals surface area contributed by atoms with Crippen molar-refractivity contribution in [2.45, 2.75) is 37.5 Å². The number of carboxylic acid groups (broad SMARTS) is 1. The predicted octanol–water partition coefficient (Wildman–Crippen LogP) is 5.34. The van der Waals surface area contributed by atoms with E-state index in [2.05, 4.69) is 9.98 Å². The van der Waals surface area contributed by atoms with E-state index in [-0.39, 0.29) is 54.6 Å². The number of ether oxygens (including phenoxy) is 2. The molecule has 0 amide bonds. The highest BCUT2D eigenvalue weighted by molar-refractivity contribution is 5.87. The van der Waals surface area contributed by atoms with Gasteiger partial charge in [-0.25, -0.2) is 9.79 Å². The Balaban J connectivity index is 1.53. The molecule has 7 nitrogen and oxygen atoms in total. The van der Waals surface area contributed by atoms with Crippen LogP contribution >= 0.6 is 0 Å². The van der Waals surface area contributed by atoms with Gasteiger partial charge in [-0.2, -0.15) is 26.3 Å². The van der Waals surface area contributed by atoms with Crippen LogP contribution in [0.15, 0.2) is 66.0 Å². The lowest BCUT2D eigenvalue weighted by atomic mass is 10.0. The Kier molecular flexibility index (Phi) is 7.65. The van der Waals surface area contributed by atoms with Gasteiger partial charge in [-0.3, -0.25) is 4.98 Å². The largest absolute Gasteiger partial charge is 0.492 e. The van der Waals surface area contributed by atoms with Crippen LogP contribution in [0.1, 0.15) is 33.5 Å². The van der Waals surface area contributed by atoms with Crippen LogP contribution in [-0.4, -0.2) is 52.3 Å². The van der Waals surface area contributed by atoms with E-state index >= 15 is 0 Å². The fraction of sp³-hybridized carbons (Fsp3) is 0.320. The van der Waals surface area contributed by atoms with Gasteiger partial charge in [0.15, 0.2) is 0 Å². The third-order valence-electron chi connectivity index (χ3n) is 5.73. The fourth-order valence-corrected chi connectivity index (χ4v) is 3.90. The fourth-order valence-electron chi connectivity index (χ4n) is 3.90. The van der Waals surface area contributed by atoms with Crippen LogP contribution in [0.5, 0.6) is 5.75 Å². The number of allylic oxidation sites excluding steroid dienone is 2. The third kappa shape index (κ3) is 6.45. The number of alkyl halides is 6. The number of halogens is 6. The second kappa shape index (κ2) is 10.8. The third-order valence-corrected chi connectivity index (χ3v) is 5.73. The molecule has 202 valence electrons. The first-order valence-corrected chi connectivity index (χ1v) is 11.3. The predicted molar refractivity (Wildman–Crippen MR) is 123 cm³/mol. The average molecular weight is 541 g/mol. The summed E-state index contributed by atoms with van der Waals surface area (Å²) >= 11 is 0. The zero-order valence-corrected chi connectivity index (χ0v) is 19.5.